The number of carbonyl (C=O) groups excluding carboxylic acids is 1. The summed E-state index contributed by atoms with van der Waals surface area (Å²) in [7, 11) is 0. The van der Waals surface area contributed by atoms with Gasteiger partial charge < -0.3 is 0 Å². The monoisotopic (exact) mass is 299 g/mol. The number of rotatable bonds is 3. The Hall–Kier alpha value is -0.850. The summed E-state index contributed by atoms with van der Waals surface area (Å²) in [6, 6.07) is 6.97. The first-order valence-corrected chi connectivity index (χ1v) is 6.03. The number of hydrogen-bond acceptors (Lipinski definition) is 2. The Balaban J connectivity index is 3.06. The van der Waals surface area contributed by atoms with E-state index in [1.54, 1.807) is 18.2 Å². The third-order valence-electron chi connectivity index (χ3n) is 2.29. The van der Waals surface area contributed by atoms with Gasteiger partial charge in [0.2, 0.25) is 0 Å². The molecule has 1 aromatic rings. The van der Waals surface area contributed by atoms with Crippen molar-refractivity contribution in [2.24, 2.45) is 11.8 Å². The molecule has 1 unspecified atom stereocenters. The molecule has 0 amide bonds. The van der Waals surface area contributed by atoms with Gasteiger partial charge in [0, 0.05) is 10.0 Å². The molecule has 1 atom stereocenters. The Morgan fingerprint density at radius 3 is 2.56 bits per heavy atom. The summed E-state index contributed by atoms with van der Waals surface area (Å²) in [5.74, 6) is -0.755. The highest BCUT2D eigenvalue weighted by atomic mass is 79.9. The Kier molecular flexibility index (Phi) is 4.52. The zero-order valence-corrected chi connectivity index (χ0v) is 11.3. The van der Waals surface area contributed by atoms with E-state index in [0.717, 1.165) is 0 Å². The summed E-state index contributed by atoms with van der Waals surface area (Å²) in [6.07, 6.45) is 0. The number of halogens is 2. The lowest BCUT2D eigenvalue weighted by Gasteiger charge is -2.11. The van der Waals surface area contributed by atoms with Gasteiger partial charge in [-0.3, -0.25) is 4.79 Å². The fraction of sp³-hybridized carbons (Fsp3) is 0.333. The first kappa shape index (κ1) is 13.2. The Morgan fingerprint density at radius 1 is 1.50 bits per heavy atom. The predicted molar refractivity (Wildman–Crippen MR) is 67.4 cm³/mol. The maximum Gasteiger partial charge on any atom is 0.180 e. The molecule has 0 aliphatic rings. The number of Topliss-reactive ketones (excluding diaryl/α,β-unsaturated/α-hetero) is 1. The van der Waals surface area contributed by atoms with Crippen LogP contribution >= 0.6 is 27.5 Å². The van der Waals surface area contributed by atoms with Gasteiger partial charge in [-0.2, -0.15) is 5.26 Å². The van der Waals surface area contributed by atoms with E-state index >= 15 is 0 Å². The van der Waals surface area contributed by atoms with Crippen LogP contribution in [0.5, 0.6) is 0 Å². The Bertz CT molecular complexity index is 451. The molecule has 0 aliphatic heterocycles. The van der Waals surface area contributed by atoms with Gasteiger partial charge in [-0.15, -0.1) is 0 Å². The zero-order chi connectivity index (χ0) is 12.3. The molecule has 0 fully saturated rings. The third kappa shape index (κ3) is 2.84. The predicted octanol–water partition coefficient (Wildman–Crippen LogP) is 4.08. The Morgan fingerprint density at radius 2 is 2.12 bits per heavy atom. The molecular formula is C12H11BrClNO. The number of benzene rings is 1. The van der Waals surface area contributed by atoms with Gasteiger partial charge in [0.15, 0.2) is 5.78 Å². The molecule has 1 aromatic carbocycles. The molecule has 2 nitrogen and oxygen atoms in total. The Labute approximate surface area is 108 Å². The minimum Gasteiger partial charge on any atom is -0.293 e. The zero-order valence-electron chi connectivity index (χ0n) is 9.00. The number of nitriles is 1. The lowest BCUT2D eigenvalue weighted by Crippen LogP contribution is -2.18. The maximum absolute atomic E-state index is 12.0. The van der Waals surface area contributed by atoms with Crippen LogP contribution in [-0.4, -0.2) is 5.78 Å². The summed E-state index contributed by atoms with van der Waals surface area (Å²) in [5, 5.41) is 9.49. The molecule has 0 heterocycles. The van der Waals surface area contributed by atoms with Gasteiger partial charge in [-0.25, -0.2) is 0 Å². The van der Waals surface area contributed by atoms with Crippen LogP contribution in [0, 0.1) is 23.2 Å². The average molecular weight is 301 g/mol. The van der Waals surface area contributed by atoms with E-state index in [9.17, 15) is 4.79 Å². The minimum atomic E-state index is -0.604. The molecule has 0 saturated carbocycles. The average Bonchev–Trinajstić information content (AvgIpc) is 2.22. The molecule has 84 valence electrons. The molecule has 16 heavy (non-hydrogen) atoms. The van der Waals surface area contributed by atoms with Crippen molar-refractivity contribution in [1.82, 2.24) is 0 Å². The van der Waals surface area contributed by atoms with E-state index in [-0.39, 0.29) is 11.7 Å². The van der Waals surface area contributed by atoms with Gasteiger partial charge in [0.25, 0.3) is 0 Å². The van der Waals surface area contributed by atoms with Crippen LogP contribution < -0.4 is 0 Å². The van der Waals surface area contributed by atoms with E-state index in [0.29, 0.717) is 15.1 Å². The van der Waals surface area contributed by atoms with Crippen LogP contribution in [0.4, 0.5) is 0 Å². The summed E-state index contributed by atoms with van der Waals surface area (Å²) in [6.45, 7) is 3.72. The normalized spacial score (nSPS) is 12.2. The highest BCUT2D eigenvalue weighted by molar-refractivity contribution is 9.10. The number of nitrogens with zero attached hydrogens (tertiary/aromatic N) is 1. The van der Waals surface area contributed by atoms with E-state index in [4.69, 9.17) is 16.9 Å². The second-order valence-corrected chi connectivity index (χ2v) is 5.11. The van der Waals surface area contributed by atoms with Crippen molar-refractivity contribution in [2.75, 3.05) is 0 Å². The molecule has 0 aliphatic carbocycles. The minimum absolute atomic E-state index is 0.00644. The molecule has 0 N–H and O–H groups in total. The fourth-order valence-corrected chi connectivity index (χ4v) is 1.84. The highest BCUT2D eigenvalue weighted by Gasteiger charge is 2.23. The largest absolute Gasteiger partial charge is 0.293 e. The van der Waals surface area contributed by atoms with E-state index in [1.807, 2.05) is 19.9 Å². The highest BCUT2D eigenvalue weighted by Crippen LogP contribution is 2.25. The molecule has 1 rings (SSSR count). The smallest absolute Gasteiger partial charge is 0.180 e. The quantitative estimate of drug-likeness (QED) is 0.789. The summed E-state index contributed by atoms with van der Waals surface area (Å²) in [4.78, 5) is 12.0. The molecule has 0 saturated heterocycles. The van der Waals surface area contributed by atoms with E-state index in [2.05, 4.69) is 15.9 Å². The van der Waals surface area contributed by atoms with Crippen LogP contribution in [0.25, 0.3) is 0 Å². The van der Waals surface area contributed by atoms with Crippen molar-refractivity contribution in [3.63, 3.8) is 0 Å². The number of hydrogen-bond donors (Lipinski definition) is 0. The van der Waals surface area contributed by atoms with Gasteiger partial charge in [0.05, 0.1) is 11.1 Å². The van der Waals surface area contributed by atoms with Crippen molar-refractivity contribution in [3.8, 4) is 6.07 Å². The summed E-state index contributed by atoms with van der Waals surface area (Å²) < 4.78 is 0.667. The second kappa shape index (κ2) is 5.47. The van der Waals surface area contributed by atoms with Crippen molar-refractivity contribution in [2.45, 2.75) is 13.8 Å². The number of ketones is 1. The third-order valence-corrected chi connectivity index (χ3v) is 3.51. The van der Waals surface area contributed by atoms with Crippen LogP contribution in [0.15, 0.2) is 22.7 Å². The van der Waals surface area contributed by atoms with E-state index in [1.165, 1.54) is 0 Å². The van der Waals surface area contributed by atoms with Crippen LogP contribution in [0.1, 0.15) is 24.2 Å². The second-order valence-electron chi connectivity index (χ2n) is 3.84. The molecule has 0 spiro atoms. The van der Waals surface area contributed by atoms with Crippen molar-refractivity contribution in [3.05, 3.63) is 33.3 Å². The fourth-order valence-electron chi connectivity index (χ4n) is 1.34. The molecule has 4 heteroatoms. The standard InChI is InChI=1S/C12H11BrClNO/c1-7(2)9(6-15)12(16)8-3-4-11(14)10(13)5-8/h3-5,7,9H,1-2H3. The first-order chi connectivity index (χ1) is 7.47. The van der Waals surface area contributed by atoms with Gasteiger partial charge in [-0.05, 0) is 40.0 Å². The summed E-state index contributed by atoms with van der Waals surface area (Å²) in [5.41, 5.74) is 0.511. The van der Waals surface area contributed by atoms with Crippen LogP contribution in [-0.2, 0) is 0 Å². The van der Waals surface area contributed by atoms with Crippen molar-refractivity contribution in [1.29, 1.82) is 5.26 Å². The van der Waals surface area contributed by atoms with Gasteiger partial charge >= 0.3 is 0 Å². The maximum atomic E-state index is 12.0. The van der Waals surface area contributed by atoms with E-state index < -0.39 is 5.92 Å². The van der Waals surface area contributed by atoms with Crippen LogP contribution in [0.3, 0.4) is 0 Å². The SMILES string of the molecule is CC(C)C(C#N)C(=O)c1ccc(Cl)c(Br)c1. The van der Waals surface area contributed by atoms with Gasteiger partial charge in [0.1, 0.15) is 5.92 Å². The molecule has 0 bridgehead atoms. The molecule has 0 radical (unpaired) electrons. The van der Waals surface area contributed by atoms with Crippen LogP contribution in [0.2, 0.25) is 5.02 Å². The molecular weight excluding hydrogens is 289 g/mol. The lowest BCUT2D eigenvalue weighted by molar-refractivity contribution is 0.0924. The summed E-state index contributed by atoms with van der Waals surface area (Å²) >= 11 is 9.09. The van der Waals surface area contributed by atoms with Crippen molar-refractivity contribution >= 4 is 33.3 Å². The topological polar surface area (TPSA) is 40.9 Å². The first-order valence-electron chi connectivity index (χ1n) is 4.86. The number of carbonyl (C=O) groups is 1. The molecule has 0 aromatic heterocycles. The lowest BCUT2D eigenvalue weighted by atomic mass is 9.89. The van der Waals surface area contributed by atoms with Gasteiger partial charge in [-0.1, -0.05) is 25.4 Å². The van der Waals surface area contributed by atoms with Crippen molar-refractivity contribution < 1.29 is 4.79 Å².